The summed E-state index contributed by atoms with van der Waals surface area (Å²) in [4.78, 5) is 15.1. The van der Waals surface area contributed by atoms with Crippen molar-refractivity contribution in [3.8, 4) is 0 Å². The van der Waals surface area contributed by atoms with Gasteiger partial charge in [-0.2, -0.15) is 0 Å². The molecular weight excluding hydrogens is 1020 g/mol. The number of nitrogens with one attached hydrogen (secondary N) is 2. The zero-order chi connectivity index (χ0) is 58.7. The summed E-state index contributed by atoms with van der Waals surface area (Å²) < 4.78 is 28.4. The number of hydrogen-bond acceptors (Lipinski definition) is 12. The Morgan fingerprint density at radius 1 is 0.402 bits per heavy atom. The van der Waals surface area contributed by atoms with E-state index in [4.69, 9.17) is 18.9 Å². The second-order valence-corrected chi connectivity index (χ2v) is 26.9. The monoisotopic (exact) mass is 1130 g/mol. The maximum atomic E-state index is 7.26. The Balaban J connectivity index is 1.10. The number of ether oxygens (including phenoxy) is 4. The highest BCUT2D eigenvalue weighted by molar-refractivity contribution is 5.72. The van der Waals surface area contributed by atoms with Crippen molar-refractivity contribution in [3.63, 3.8) is 0 Å². The van der Waals surface area contributed by atoms with Gasteiger partial charge in [-0.15, -0.1) is 0 Å². The van der Waals surface area contributed by atoms with E-state index in [-0.39, 0.29) is 48.6 Å². The Labute approximate surface area is 498 Å². The van der Waals surface area contributed by atoms with Gasteiger partial charge in [0.2, 0.25) is 0 Å². The lowest BCUT2D eigenvalue weighted by molar-refractivity contribution is -0.0536. The summed E-state index contributed by atoms with van der Waals surface area (Å²) in [7, 11) is 9.18. The largest absolute Gasteiger partial charge is 0.382 e. The van der Waals surface area contributed by atoms with Crippen molar-refractivity contribution in [2.75, 3.05) is 127 Å². The first-order chi connectivity index (χ1) is 39.3. The molecule has 1 fully saturated rings. The SMILES string of the molecule is CC(C)C[C@H]1CO[C@H](C)CN(C)[C@@H](CC(C)C)CO[C@H](Cc2ccc(CN3CCNc4ccccc43)cc2)CN(C)[C@@H](CC(C)C)CO[C@H](C)CN(C)[C@@H](CC(C)C)CO[C@H](Cc2ccc(CN3CCNc4ccccc43)cc2)CN1C. The van der Waals surface area contributed by atoms with Gasteiger partial charge in [-0.1, -0.05) is 128 Å². The van der Waals surface area contributed by atoms with Crippen LogP contribution in [0.25, 0.3) is 0 Å². The standard InChI is InChI=1S/C70H112N8O4/c1-51(2)35-61-47-79-55(9)41-73(11)64(38-54(7)8)50-82-66(40-58-25-29-60(30-26-58)44-78-34-32-72-68-20-16-18-22-70(68)78)46-76(14)62(36-52(3)4)48-80-56(10)42-74(12)63(37-53(5)6)49-81-65(45-75(61)13)39-57-23-27-59(28-24-57)43-77-33-31-71-67-19-15-17-21-69(67)77/h15-30,51-56,61-66,71-72H,31-50H2,1-14H3/t55-,56-,61+,62+,63+,64+,65-,66-/m1/s1. The molecule has 456 valence electrons. The molecule has 8 atom stereocenters. The molecule has 4 aromatic carbocycles. The Morgan fingerprint density at radius 2 is 0.707 bits per heavy atom. The lowest BCUT2D eigenvalue weighted by Gasteiger charge is -2.37. The molecule has 0 saturated carbocycles. The molecule has 12 nitrogen and oxygen atoms in total. The van der Waals surface area contributed by atoms with Gasteiger partial charge >= 0.3 is 0 Å². The second kappa shape index (κ2) is 32.9. The van der Waals surface area contributed by atoms with Crippen molar-refractivity contribution in [2.45, 2.75) is 169 Å². The first kappa shape index (κ1) is 65.3. The minimum atomic E-state index is 0.00450. The fraction of sp³-hybridized carbons (Fsp3) is 0.657. The van der Waals surface area contributed by atoms with Crippen molar-refractivity contribution in [1.82, 2.24) is 19.6 Å². The van der Waals surface area contributed by atoms with Gasteiger partial charge in [-0.3, -0.25) is 19.6 Å². The fourth-order valence-corrected chi connectivity index (χ4v) is 12.8. The minimum Gasteiger partial charge on any atom is -0.382 e. The molecule has 3 aliphatic heterocycles. The summed E-state index contributed by atoms with van der Waals surface area (Å²) in [6.45, 7) is 35.0. The van der Waals surface area contributed by atoms with E-state index in [2.05, 4.69) is 235 Å². The molecule has 0 radical (unpaired) electrons. The van der Waals surface area contributed by atoms with E-state index < -0.39 is 0 Å². The predicted molar refractivity (Wildman–Crippen MR) is 346 cm³/mol. The second-order valence-electron chi connectivity index (χ2n) is 26.9. The summed E-state index contributed by atoms with van der Waals surface area (Å²) >= 11 is 0. The maximum Gasteiger partial charge on any atom is 0.0743 e. The third-order valence-corrected chi connectivity index (χ3v) is 17.3. The van der Waals surface area contributed by atoms with Crippen LogP contribution in [-0.2, 0) is 44.9 Å². The lowest BCUT2D eigenvalue weighted by atomic mass is 10.0. The zero-order valence-corrected chi connectivity index (χ0v) is 53.6. The van der Waals surface area contributed by atoms with Crippen LogP contribution in [0.2, 0.25) is 0 Å². The van der Waals surface area contributed by atoms with Crippen LogP contribution in [0.3, 0.4) is 0 Å². The highest BCUT2D eigenvalue weighted by Gasteiger charge is 2.29. The van der Waals surface area contributed by atoms with Crippen LogP contribution in [0.4, 0.5) is 22.7 Å². The van der Waals surface area contributed by atoms with Gasteiger partial charge < -0.3 is 39.4 Å². The molecule has 82 heavy (non-hydrogen) atoms. The van der Waals surface area contributed by atoms with Gasteiger partial charge in [0, 0.05) is 89.6 Å². The lowest BCUT2D eigenvalue weighted by Crippen LogP contribution is -2.47. The Morgan fingerprint density at radius 3 is 1.05 bits per heavy atom. The van der Waals surface area contributed by atoms with Crippen LogP contribution in [0.5, 0.6) is 0 Å². The van der Waals surface area contributed by atoms with Gasteiger partial charge in [-0.25, -0.2) is 0 Å². The van der Waals surface area contributed by atoms with Gasteiger partial charge in [0.25, 0.3) is 0 Å². The summed E-state index contributed by atoms with van der Waals surface area (Å²) in [6.07, 6.45) is 6.02. The summed E-state index contributed by atoms with van der Waals surface area (Å²) in [5, 5.41) is 7.15. The number of hydrogen-bond donors (Lipinski definition) is 2. The summed E-state index contributed by atoms with van der Waals surface area (Å²) in [6, 6.07) is 37.1. The molecule has 4 aromatic rings. The molecule has 3 heterocycles. The number of anilines is 4. The quantitative estimate of drug-likeness (QED) is 0.112. The molecule has 0 spiro atoms. The normalized spacial score (nSPS) is 25.4. The number of para-hydroxylation sites is 4. The third-order valence-electron chi connectivity index (χ3n) is 17.3. The van der Waals surface area contributed by atoms with Crippen LogP contribution in [-0.4, -0.2) is 175 Å². The van der Waals surface area contributed by atoms with Gasteiger partial charge in [-0.05, 0) is 151 Å². The van der Waals surface area contributed by atoms with Gasteiger partial charge in [0.1, 0.15) is 0 Å². The van der Waals surface area contributed by atoms with Crippen LogP contribution < -0.4 is 20.4 Å². The fourth-order valence-electron chi connectivity index (χ4n) is 12.8. The molecule has 0 bridgehead atoms. The van der Waals surface area contributed by atoms with E-state index in [0.717, 1.165) is 104 Å². The predicted octanol–water partition coefficient (Wildman–Crippen LogP) is 12.3. The van der Waals surface area contributed by atoms with E-state index in [1.807, 2.05) is 0 Å². The van der Waals surface area contributed by atoms with Crippen LogP contribution >= 0.6 is 0 Å². The van der Waals surface area contributed by atoms with E-state index in [0.29, 0.717) is 50.1 Å². The number of rotatable bonds is 16. The molecule has 7 rings (SSSR count). The molecule has 0 unspecified atom stereocenters. The molecule has 12 heteroatoms. The van der Waals surface area contributed by atoms with Crippen molar-refractivity contribution in [3.05, 3.63) is 119 Å². The molecule has 0 aliphatic carbocycles. The smallest absolute Gasteiger partial charge is 0.0743 e. The molecule has 2 N–H and O–H groups in total. The molecular formula is C70H112N8O4. The maximum absolute atomic E-state index is 7.26. The van der Waals surface area contributed by atoms with Crippen molar-refractivity contribution in [1.29, 1.82) is 0 Å². The topological polar surface area (TPSA) is 80.4 Å². The molecule has 0 amide bonds. The first-order valence-electron chi connectivity index (χ1n) is 31.9. The average Bonchev–Trinajstić information content (AvgIpc) is 3.59. The molecule has 1 saturated heterocycles. The zero-order valence-electron chi connectivity index (χ0n) is 53.6. The van der Waals surface area contributed by atoms with E-state index in [9.17, 15) is 0 Å². The van der Waals surface area contributed by atoms with E-state index >= 15 is 0 Å². The molecule has 0 aromatic heterocycles. The summed E-state index contributed by atoms with van der Waals surface area (Å²) in [5.41, 5.74) is 10.3. The van der Waals surface area contributed by atoms with Crippen LogP contribution in [0, 0.1) is 23.7 Å². The minimum absolute atomic E-state index is 0.00450. The number of benzene rings is 4. The van der Waals surface area contributed by atoms with Crippen molar-refractivity contribution >= 4 is 22.7 Å². The molecule has 3 aliphatic rings. The van der Waals surface area contributed by atoms with E-state index in [1.165, 1.54) is 45.0 Å². The van der Waals surface area contributed by atoms with E-state index in [1.54, 1.807) is 0 Å². The Kier molecular flexibility index (Phi) is 26.2. The van der Waals surface area contributed by atoms with Crippen LogP contribution in [0.1, 0.15) is 117 Å². The van der Waals surface area contributed by atoms with Crippen LogP contribution in [0.15, 0.2) is 97.1 Å². The summed E-state index contributed by atoms with van der Waals surface area (Å²) in [5.74, 6) is 2.10. The average molecular weight is 1130 g/mol. The number of likely N-dealkylation sites (N-methyl/N-ethyl adjacent to an activating group) is 4. The third kappa shape index (κ3) is 21.1. The Hall–Kier alpha value is -4.24. The van der Waals surface area contributed by atoms with Crippen molar-refractivity contribution < 1.29 is 18.9 Å². The van der Waals surface area contributed by atoms with Gasteiger partial charge in [0.05, 0.1) is 73.6 Å². The first-order valence-corrected chi connectivity index (χ1v) is 31.9. The highest BCUT2D eigenvalue weighted by Crippen LogP contribution is 2.32. The van der Waals surface area contributed by atoms with Crippen molar-refractivity contribution in [2.24, 2.45) is 23.7 Å². The van der Waals surface area contributed by atoms with Gasteiger partial charge in [0.15, 0.2) is 0 Å². The highest BCUT2D eigenvalue weighted by atomic mass is 16.5. The number of fused-ring (bicyclic) bond motifs is 2. The number of nitrogens with zero attached hydrogens (tertiary/aromatic N) is 6. The Bertz CT molecular complexity index is 2240.